The third kappa shape index (κ3) is 5.08. The molecule has 0 aliphatic carbocycles. The molecule has 0 saturated heterocycles. The Morgan fingerprint density at radius 1 is 1.08 bits per heavy atom. The summed E-state index contributed by atoms with van der Waals surface area (Å²) in [4.78, 5) is 23.6. The van der Waals surface area contributed by atoms with Gasteiger partial charge in [-0.15, -0.1) is 0 Å². The predicted molar refractivity (Wildman–Crippen MR) is 87.5 cm³/mol. The molecule has 0 heterocycles. The molecule has 2 rings (SSSR count). The smallest absolute Gasteiger partial charge is 0.338 e. The Kier molecular flexibility index (Phi) is 6.31. The molecular formula is C18H18FNO4. The van der Waals surface area contributed by atoms with Gasteiger partial charge in [-0.25, -0.2) is 9.18 Å². The highest BCUT2D eigenvalue weighted by atomic mass is 19.1. The Bertz CT molecular complexity index is 700. The van der Waals surface area contributed by atoms with Crippen molar-refractivity contribution in [2.75, 3.05) is 18.5 Å². The van der Waals surface area contributed by atoms with Crippen LogP contribution in [0.3, 0.4) is 0 Å². The van der Waals surface area contributed by atoms with E-state index < -0.39 is 24.3 Å². The normalized spacial score (nSPS) is 10.1. The van der Waals surface area contributed by atoms with E-state index in [-0.39, 0.29) is 5.69 Å². The first-order chi connectivity index (χ1) is 11.6. The van der Waals surface area contributed by atoms with Crippen LogP contribution in [-0.4, -0.2) is 25.1 Å². The topological polar surface area (TPSA) is 64.6 Å². The number of ether oxygens (including phenoxy) is 2. The summed E-state index contributed by atoms with van der Waals surface area (Å²) in [7, 11) is 0. The maximum absolute atomic E-state index is 13.4. The van der Waals surface area contributed by atoms with Crippen molar-refractivity contribution in [3.8, 4) is 5.75 Å². The molecule has 0 atom stereocenters. The highest BCUT2D eigenvalue weighted by molar-refractivity contribution is 5.95. The molecule has 2 aromatic carbocycles. The average Bonchev–Trinajstić information content (AvgIpc) is 2.60. The van der Waals surface area contributed by atoms with Gasteiger partial charge in [0.2, 0.25) is 0 Å². The van der Waals surface area contributed by atoms with Crippen molar-refractivity contribution in [1.29, 1.82) is 0 Å². The number of amides is 1. The first-order valence-corrected chi connectivity index (χ1v) is 7.54. The Morgan fingerprint density at radius 3 is 2.46 bits per heavy atom. The molecule has 0 saturated carbocycles. The lowest BCUT2D eigenvalue weighted by atomic mass is 10.2. The third-order valence-electron chi connectivity index (χ3n) is 3.05. The van der Waals surface area contributed by atoms with E-state index in [2.05, 4.69) is 5.32 Å². The summed E-state index contributed by atoms with van der Waals surface area (Å²) >= 11 is 0. The van der Waals surface area contributed by atoms with Crippen LogP contribution in [0.4, 0.5) is 10.1 Å². The quantitative estimate of drug-likeness (QED) is 0.790. The van der Waals surface area contributed by atoms with Gasteiger partial charge in [0, 0.05) is 0 Å². The van der Waals surface area contributed by atoms with Crippen LogP contribution in [0.5, 0.6) is 5.75 Å². The van der Waals surface area contributed by atoms with Gasteiger partial charge in [0.15, 0.2) is 6.61 Å². The van der Waals surface area contributed by atoms with Crippen LogP contribution in [0.2, 0.25) is 0 Å². The standard InChI is InChI=1S/C18H18FNO4/c1-2-11-23-14-9-7-13(8-10-14)18(22)24-12-17(21)20-16-6-4-3-5-15(16)19/h3-10H,2,11-12H2,1H3,(H,20,21). The Balaban J connectivity index is 1.84. The van der Waals surface area contributed by atoms with Crippen LogP contribution in [-0.2, 0) is 9.53 Å². The number of carbonyl (C=O) groups excluding carboxylic acids is 2. The fourth-order valence-corrected chi connectivity index (χ4v) is 1.87. The first-order valence-electron chi connectivity index (χ1n) is 7.54. The van der Waals surface area contributed by atoms with Crippen LogP contribution in [0.15, 0.2) is 48.5 Å². The maximum atomic E-state index is 13.4. The zero-order valence-electron chi connectivity index (χ0n) is 13.3. The number of hydrogen-bond donors (Lipinski definition) is 1. The fraction of sp³-hybridized carbons (Fsp3) is 0.222. The van der Waals surface area contributed by atoms with Crippen molar-refractivity contribution >= 4 is 17.6 Å². The molecule has 1 N–H and O–H groups in total. The van der Waals surface area contributed by atoms with Gasteiger partial charge in [0.1, 0.15) is 11.6 Å². The molecule has 0 aliphatic rings. The highest BCUT2D eigenvalue weighted by Crippen LogP contribution is 2.14. The molecular weight excluding hydrogens is 313 g/mol. The minimum Gasteiger partial charge on any atom is -0.494 e. The Labute approximate surface area is 139 Å². The van der Waals surface area contributed by atoms with Crippen LogP contribution in [0.1, 0.15) is 23.7 Å². The number of halogens is 1. The van der Waals surface area contributed by atoms with Crippen molar-refractivity contribution < 1.29 is 23.5 Å². The number of carbonyl (C=O) groups is 2. The second kappa shape index (κ2) is 8.67. The minimum atomic E-state index is -0.638. The molecule has 0 bridgehead atoms. The van der Waals surface area contributed by atoms with Gasteiger partial charge in [-0.2, -0.15) is 0 Å². The van der Waals surface area contributed by atoms with Gasteiger partial charge >= 0.3 is 5.97 Å². The van der Waals surface area contributed by atoms with Crippen molar-refractivity contribution in [2.24, 2.45) is 0 Å². The molecule has 5 nitrogen and oxygen atoms in total. The van der Waals surface area contributed by atoms with Gasteiger partial charge in [-0.3, -0.25) is 4.79 Å². The van der Waals surface area contributed by atoms with E-state index in [0.29, 0.717) is 17.9 Å². The van der Waals surface area contributed by atoms with Gasteiger partial charge in [0.05, 0.1) is 17.9 Å². The molecule has 0 unspecified atom stereocenters. The zero-order valence-corrected chi connectivity index (χ0v) is 13.3. The molecule has 24 heavy (non-hydrogen) atoms. The van der Waals surface area contributed by atoms with Crippen molar-refractivity contribution in [3.05, 3.63) is 59.9 Å². The SMILES string of the molecule is CCCOc1ccc(C(=O)OCC(=O)Nc2ccccc2F)cc1. The molecule has 1 amide bonds. The van der Waals surface area contributed by atoms with E-state index in [1.165, 1.54) is 18.2 Å². The van der Waals surface area contributed by atoms with E-state index in [1.807, 2.05) is 6.92 Å². The van der Waals surface area contributed by atoms with Crippen molar-refractivity contribution in [2.45, 2.75) is 13.3 Å². The minimum absolute atomic E-state index is 0.0379. The molecule has 0 spiro atoms. The number of esters is 1. The lowest BCUT2D eigenvalue weighted by molar-refractivity contribution is -0.119. The van der Waals surface area contributed by atoms with Crippen LogP contribution in [0, 0.1) is 5.82 Å². The second-order valence-electron chi connectivity index (χ2n) is 4.98. The molecule has 0 fully saturated rings. The van der Waals surface area contributed by atoms with E-state index in [0.717, 1.165) is 6.42 Å². The maximum Gasteiger partial charge on any atom is 0.338 e. The summed E-state index contributed by atoms with van der Waals surface area (Å²) in [6.07, 6.45) is 0.890. The van der Waals surface area contributed by atoms with E-state index >= 15 is 0 Å². The van der Waals surface area contributed by atoms with Gasteiger partial charge in [0.25, 0.3) is 5.91 Å². The second-order valence-corrected chi connectivity index (χ2v) is 4.98. The third-order valence-corrected chi connectivity index (χ3v) is 3.05. The van der Waals surface area contributed by atoms with E-state index in [1.54, 1.807) is 30.3 Å². The van der Waals surface area contributed by atoms with Crippen molar-refractivity contribution in [1.82, 2.24) is 0 Å². The van der Waals surface area contributed by atoms with E-state index in [9.17, 15) is 14.0 Å². The van der Waals surface area contributed by atoms with Gasteiger partial charge < -0.3 is 14.8 Å². The summed E-state index contributed by atoms with van der Waals surface area (Å²) in [5.74, 6) is -1.15. The summed E-state index contributed by atoms with van der Waals surface area (Å²) < 4.78 is 23.7. The molecule has 126 valence electrons. The summed E-state index contributed by atoms with van der Waals surface area (Å²) in [5, 5.41) is 2.34. The number of hydrogen-bond acceptors (Lipinski definition) is 4. The van der Waals surface area contributed by atoms with Crippen LogP contribution in [0.25, 0.3) is 0 Å². The summed E-state index contributed by atoms with van der Waals surface area (Å²) in [6.45, 7) is 2.10. The summed E-state index contributed by atoms with van der Waals surface area (Å²) in [5.41, 5.74) is 0.341. The molecule has 0 radical (unpaired) electrons. The molecule has 6 heteroatoms. The molecule has 0 aromatic heterocycles. The number of anilines is 1. The van der Waals surface area contributed by atoms with Crippen LogP contribution >= 0.6 is 0 Å². The molecule has 2 aromatic rings. The Hall–Kier alpha value is -2.89. The van der Waals surface area contributed by atoms with Crippen LogP contribution < -0.4 is 10.1 Å². The number of rotatable bonds is 7. The average molecular weight is 331 g/mol. The molecule has 0 aliphatic heterocycles. The number of nitrogens with one attached hydrogen (secondary N) is 1. The lowest BCUT2D eigenvalue weighted by Gasteiger charge is -2.08. The zero-order chi connectivity index (χ0) is 17.4. The summed E-state index contributed by atoms with van der Waals surface area (Å²) in [6, 6.07) is 12.2. The predicted octanol–water partition coefficient (Wildman–Crippen LogP) is 3.41. The fourth-order valence-electron chi connectivity index (χ4n) is 1.87. The van der Waals surface area contributed by atoms with Gasteiger partial charge in [-0.05, 0) is 42.8 Å². The monoisotopic (exact) mass is 331 g/mol. The lowest BCUT2D eigenvalue weighted by Crippen LogP contribution is -2.21. The Morgan fingerprint density at radius 2 is 1.79 bits per heavy atom. The number of para-hydroxylation sites is 1. The first kappa shape index (κ1) is 17.5. The van der Waals surface area contributed by atoms with Gasteiger partial charge in [-0.1, -0.05) is 19.1 Å². The van der Waals surface area contributed by atoms with Crippen molar-refractivity contribution in [3.63, 3.8) is 0 Å². The van der Waals surface area contributed by atoms with E-state index in [4.69, 9.17) is 9.47 Å². The number of benzene rings is 2. The highest BCUT2D eigenvalue weighted by Gasteiger charge is 2.11. The largest absolute Gasteiger partial charge is 0.494 e.